The molecular weight excluding hydrogens is 286 g/mol. The molecule has 0 radical (unpaired) electrons. The second kappa shape index (κ2) is 5.38. The molecule has 1 aromatic carbocycles. The van der Waals surface area contributed by atoms with Crippen molar-refractivity contribution < 1.29 is 13.5 Å². The zero-order valence-corrected chi connectivity index (χ0v) is 13.2. The van der Waals surface area contributed by atoms with Gasteiger partial charge in [0.05, 0.1) is 11.5 Å². The van der Waals surface area contributed by atoms with Gasteiger partial charge in [0.1, 0.15) is 0 Å². The highest BCUT2D eigenvalue weighted by Crippen LogP contribution is 2.60. The van der Waals surface area contributed by atoms with Crippen molar-refractivity contribution in [2.24, 2.45) is 11.3 Å². The van der Waals surface area contributed by atoms with Crippen molar-refractivity contribution in [3.8, 4) is 0 Å². The number of sulfonamides is 1. The molecule has 0 bridgehead atoms. The number of aliphatic hydroxyl groups excluding tert-OH is 1. The summed E-state index contributed by atoms with van der Waals surface area (Å²) in [6, 6.07) is 5.03. The molecule has 2 N–H and O–H groups in total. The Morgan fingerprint density at radius 2 is 2.00 bits per heavy atom. The number of aliphatic hydroxyl groups is 1. The van der Waals surface area contributed by atoms with E-state index in [9.17, 15) is 13.5 Å². The van der Waals surface area contributed by atoms with Gasteiger partial charge in [-0.25, -0.2) is 13.1 Å². The number of rotatable bonds is 7. The minimum absolute atomic E-state index is 0.126. The van der Waals surface area contributed by atoms with Gasteiger partial charge in [-0.3, -0.25) is 0 Å². The Balaban J connectivity index is 1.75. The molecule has 0 unspecified atom stereocenters. The molecule has 4 nitrogen and oxygen atoms in total. The largest absolute Gasteiger partial charge is 0.392 e. The van der Waals surface area contributed by atoms with E-state index in [2.05, 4.69) is 4.72 Å². The molecule has 0 aromatic heterocycles. The number of aryl methyl sites for hydroxylation is 1. The van der Waals surface area contributed by atoms with Gasteiger partial charge in [0.2, 0.25) is 10.0 Å². The molecule has 3 rings (SSSR count). The third-order valence-electron chi connectivity index (χ3n) is 4.99. The van der Waals surface area contributed by atoms with Gasteiger partial charge in [-0.05, 0) is 66.7 Å². The van der Waals surface area contributed by atoms with E-state index in [1.165, 1.54) is 12.8 Å². The molecule has 5 heteroatoms. The lowest BCUT2D eigenvalue weighted by atomic mass is 10.0. The zero-order chi connectivity index (χ0) is 15.1. The smallest absolute Gasteiger partial charge is 0.240 e. The predicted octanol–water partition coefficient (Wildman–Crippen LogP) is 2.21. The van der Waals surface area contributed by atoms with Gasteiger partial charge in [0.25, 0.3) is 0 Å². The Morgan fingerprint density at radius 3 is 2.52 bits per heavy atom. The molecule has 21 heavy (non-hydrogen) atoms. The highest BCUT2D eigenvalue weighted by atomic mass is 32.2. The van der Waals surface area contributed by atoms with Gasteiger partial charge >= 0.3 is 0 Å². The van der Waals surface area contributed by atoms with Crippen LogP contribution in [0.2, 0.25) is 0 Å². The van der Waals surface area contributed by atoms with Gasteiger partial charge in [-0.2, -0.15) is 0 Å². The molecule has 2 saturated carbocycles. The van der Waals surface area contributed by atoms with E-state index < -0.39 is 10.0 Å². The Morgan fingerprint density at radius 1 is 1.29 bits per heavy atom. The standard InChI is InChI=1S/C16H23NO3S/c1-2-12-3-6-15(9-13(12)10-18)21(19,20)17-11-16(7-8-16)14-4-5-14/h3,6,9,14,17-18H,2,4-5,7-8,10-11H2,1H3. The normalized spacial score (nSPS) is 20.5. The maximum Gasteiger partial charge on any atom is 0.240 e. The molecule has 0 atom stereocenters. The lowest BCUT2D eigenvalue weighted by molar-refractivity contribution is 0.280. The van der Waals surface area contributed by atoms with Crippen molar-refractivity contribution in [3.63, 3.8) is 0 Å². The van der Waals surface area contributed by atoms with Crippen LogP contribution in [0.4, 0.5) is 0 Å². The fraction of sp³-hybridized carbons (Fsp3) is 0.625. The fourth-order valence-corrected chi connectivity index (χ4v) is 4.36. The third kappa shape index (κ3) is 3.00. The molecular formula is C16H23NO3S. The van der Waals surface area contributed by atoms with Crippen molar-refractivity contribution in [2.45, 2.75) is 50.5 Å². The van der Waals surface area contributed by atoms with Gasteiger partial charge in [-0.1, -0.05) is 13.0 Å². The first kappa shape index (κ1) is 15.0. The number of hydrogen-bond donors (Lipinski definition) is 2. The molecule has 0 heterocycles. The lowest BCUT2D eigenvalue weighted by Gasteiger charge is -2.16. The van der Waals surface area contributed by atoms with E-state index in [0.29, 0.717) is 12.1 Å². The SMILES string of the molecule is CCc1ccc(S(=O)(=O)NCC2(C3CC3)CC2)cc1CO. The van der Waals surface area contributed by atoms with Crippen LogP contribution in [0.15, 0.2) is 23.1 Å². The van der Waals surface area contributed by atoms with Gasteiger partial charge in [0.15, 0.2) is 0 Å². The summed E-state index contributed by atoms with van der Waals surface area (Å²) in [5.74, 6) is 0.732. The molecule has 2 fully saturated rings. The van der Waals surface area contributed by atoms with Crippen molar-refractivity contribution in [3.05, 3.63) is 29.3 Å². The minimum atomic E-state index is -3.48. The summed E-state index contributed by atoms with van der Waals surface area (Å²) in [5.41, 5.74) is 1.94. The third-order valence-corrected chi connectivity index (χ3v) is 6.39. The summed E-state index contributed by atoms with van der Waals surface area (Å²) in [6.45, 7) is 2.43. The van der Waals surface area contributed by atoms with E-state index in [0.717, 1.165) is 30.7 Å². The van der Waals surface area contributed by atoms with Crippen molar-refractivity contribution in [1.82, 2.24) is 4.72 Å². The Kier molecular flexibility index (Phi) is 3.84. The molecule has 2 aliphatic rings. The first-order valence-corrected chi connectivity index (χ1v) is 9.21. The van der Waals surface area contributed by atoms with Crippen LogP contribution in [-0.4, -0.2) is 20.1 Å². The quantitative estimate of drug-likeness (QED) is 0.811. The number of nitrogens with one attached hydrogen (secondary N) is 1. The van der Waals surface area contributed by atoms with Crippen LogP contribution in [0.3, 0.4) is 0 Å². The maximum atomic E-state index is 12.4. The maximum absolute atomic E-state index is 12.4. The molecule has 2 aliphatic carbocycles. The topological polar surface area (TPSA) is 66.4 Å². The van der Waals surface area contributed by atoms with E-state index in [1.807, 2.05) is 6.92 Å². The van der Waals surface area contributed by atoms with Crippen molar-refractivity contribution >= 4 is 10.0 Å². The van der Waals surface area contributed by atoms with E-state index in [4.69, 9.17) is 0 Å². The second-order valence-electron chi connectivity index (χ2n) is 6.40. The van der Waals surface area contributed by atoms with Crippen LogP contribution in [0.5, 0.6) is 0 Å². The van der Waals surface area contributed by atoms with Crippen LogP contribution in [0.25, 0.3) is 0 Å². The average molecular weight is 309 g/mol. The van der Waals surface area contributed by atoms with Crippen molar-refractivity contribution in [1.29, 1.82) is 0 Å². The average Bonchev–Trinajstić information content (AvgIpc) is 3.37. The van der Waals surface area contributed by atoms with Crippen LogP contribution >= 0.6 is 0 Å². The second-order valence-corrected chi connectivity index (χ2v) is 8.17. The fourth-order valence-electron chi connectivity index (χ4n) is 3.17. The van der Waals surface area contributed by atoms with Gasteiger partial charge < -0.3 is 5.11 Å². The molecule has 0 aliphatic heterocycles. The van der Waals surface area contributed by atoms with Crippen molar-refractivity contribution in [2.75, 3.05) is 6.54 Å². The lowest BCUT2D eigenvalue weighted by Crippen LogP contribution is -2.31. The molecule has 0 spiro atoms. The van der Waals surface area contributed by atoms with E-state index in [-0.39, 0.29) is 16.9 Å². The summed E-state index contributed by atoms with van der Waals surface area (Å²) in [6.07, 6.45) is 5.59. The summed E-state index contributed by atoms with van der Waals surface area (Å²) in [4.78, 5) is 0.260. The molecule has 0 amide bonds. The van der Waals surface area contributed by atoms with Crippen LogP contribution in [0, 0.1) is 11.3 Å². The van der Waals surface area contributed by atoms with E-state index in [1.54, 1.807) is 18.2 Å². The first-order chi connectivity index (χ1) is 10.0. The summed E-state index contributed by atoms with van der Waals surface area (Å²) < 4.78 is 27.6. The Hall–Kier alpha value is -0.910. The van der Waals surface area contributed by atoms with Gasteiger partial charge in [-0.15, -0.1) is 0 Å². The highest BCUT2D eigenvalue weighted by molar-refractivity contribution is 7.89. The van der Waals surface area contributed by atoms with Crippen LogP contribution in [0.1, 0.15) is 43.7 Å². The summed E-state index contributed by atoms with van der Waals surface area (Å²) in [7, 11) is -3.48. The highest BCUT2D eigenvalue weighted by Gasteiger charge is 2.53. The van der Waals surface area contributed by atoms with Crippen LogP contribution in [-0.2, 0) is 23.1 Å². The minimum Gasteiger partial charge on any atom is -0.392 e. The molecule has 1 aromatic rings. The Labute approximate surface area is 126 Å². The molecule has 116 valence electrons. The first-order valence-electron chi connectivity index (χ1n) is 7.73. The summed E-state index contributed by atoms with van der Waals surface area (Å²) in [5, 5.41) is 9.37. The zero-order valence-electron chi connectivity index (χ0n) is 12.4. The van der Waals surface area contributed by atoms with E-state index >= 15 is 0 Å². The van der Waals surface area contributed by atoms with Gasteiger partial charge in [0, 0.05) is 6.54 Å². The monoisotopic (exact) mass is 309 g/mol. The summed E-state index contributed by atoms with van der Waals surface area (Å²) >= 11 is 0. The number of benzene rings is 1. The van der Waals surface area contributed by atoms with Crippen LogP contribution < -0.4 is 4.72 Å². The predicted molar refractivity (Wildman–Crippen MR) is 81.3 cm³/mol. The number of hydrogen-bond acceptors (Lipinski definition) is 3. The molecule has 0 saturated heterocycles. The Bertz CT molecular complexity index is 631.